The molecule has 32 heavy (non-hydrogen) atoms. The molecule has 0 aliphatic carbocycles. The van der Waals surface area contributed by atoms with Gasteiger partial charge in [0.25, 0.3) is 5.91 Å². The maximum Gasteiger partial charge on any atom is 0.256 e. The Morgan fingerprint density at radius 2 is 1.81 bits per heavy atom. The van der Waals surface area contributed by atoms with Gasteiger partial charge in [-0.2, -0.15) is 0 Å². The molecule has 4 nitrogen and oxygen atoms in total. The second-order valence-corrected chi connectivity index (χ2v) is 10.1. The summed E-state index contributed by atoms with van der Waals surface area (Å²) in [7, 11) is 1.72. The highest BCUT2D eigenvalue weighted by molar-refractivity contribution is 7.16. The number of nitrogens with one attached hydrogen (secondary N) is 2. The Morgan fingerprint density at radius 1 is 1.09 bits per heavy atom. The van der Waals surface area contributed by atoms with E-state index in [2.05, 4.69) is 44.3 Å². The molecule has 168 valence electrons. The molecular formula is C27H33N2O2S+. The van der Waals surface area contributed by atoms with Gasteiger partial charge in [-0.1, -0.05) is 37.3 Å². The number of quaternary nitrogens is 1. The third-order valence-corrected chi connectivity index (χ3v) is 7.87. The lowest BCUT2D eigenvalue weighted by Gasteiger charge is -2.35. The van der Waals surface area contributed by atoms with Crippen molar-refractivity contribution in [3.8, 4) is 5.75 Å². The molecule has 3 aromatic rings. The number of hydrogen-bond acceptors (Lipinski definition) is 3. The number of anilines is 1. The highest BCUT2D eigenvalue weighted by Gasteiger charge is 2.34. The number of carbonyl (C=O) groups excluding carboxylic acids is 1. The van der Waals surface area contributed by atoms with E-state index < -0.39 is 0 Å². The average Bonchev–Trinajstić information content (AvgIpc) is 3.09. The third-order valence-electron chi connectivity index (χ3n) is 6.74. The van der Waals surface area contributed by atoms with Crippen LogP contribution in [0, 0.1) is 19.8 Å². The zero-order valence-corrected chi connectivity index (χ0v) is 20.2. The number of benzene rings is 2. The van der Waals surface area contributed by atoms with Crippen molar-refractivity contribution in [1.29, 1.82) is 0 Å². The number of hydrogen-bond donors (Lipinski definition) is 2. The molecule has 0 unspecified atom stereocenters. The minimum Gasteiger partial charge on any atom is -0.497 e. The normalized spacial score (nSPS) is 19.4. The summed E-state index contributed by atoms with van der Waals surface area (Å²) in [4.78, 5) is 15.8. The number of thiophene rings is 1. The molecule has 2 heterocycles. The number of methoxy groups -OCH3 is 1. The van der Waals surface area contributed by atoms with Crippen LogP contribution in [0.2, 0.25) is 0 Å². The fourth-order valence-electron chi connectivity index (χ4n) is 4.70. The van der Waals surface area contributed by atoms with Gasteiger partial charge in [0.2, 0.25) is 0 Å². The summed E-state index contributed by atoms with van der Waals surface area (Å²) in [5, 5.41) is 4.22. The van der Waals surface area contributed by atoms with E-state index in [-0.39, 0.29) is 11.9 Å². The van der Waals surface area contributed by atoms with Crippen LogP contribution >= 0.6 is 11.3 Å². The maximum atomic E-state index is 13.0. The first kappa shape index (κ1) is 22.6. The molecule has 0 radical (unpaired) electrons. The van der Waals surface area contributed by atoms with Crippen LogP contribution in [0.4, 0.5) is 5.00 Å². The van der Waals surface area contributed by atoms with Crippen LogP contribution in [0.5, 0.6) is 5.75 Å². The largest absolute Gasteiger partial charge is 0.497 e. The summed E-state index contributed by atoms with van der Waals surface area (Å²) in [5.41, 5.74) is 4.44. The van der Waals surface area contributed by atoms with Crippen molar-refractivity contribution in [3.63, 3.8) is 0 Å². The van der Waals surface area contributed by atoms with Crippen molar-refractivity contribution >= 4 is 22.2 Å². The Labute approximate surface area is 195 Å². The van der Waals surface area contributed by atoms with E-state index >= 15 is 0 Å². The first-order valence-electron chi connectivity index (χ1n) is 11.4. The molecule has 5 heteroatoms. The van der Waals surface area contributed by atoms with Crippen LogP contribution in [-0.4, -0.2) is 26.1 Å². The smallest absolute Gasteiger partial charge is 0.256 e. The summed E-state index contributed by atoms with van der Waals surface area (Å²) in [6.45, 7) is 8.95. The summed E-state index contributed by atoms with van der Waals surface area (Å²) in [6, 6.07) is 18.0. The molecular weight excluding hydrogens is 416 g/mol. The molecule has 1 amide bonds. The van der Waals surface area contributed by atoms with Crippen molar-refractivity contribution in [2.45, 2.75) is 39.7 Å². The Morgan fingerprint density at radius 3 is 2.50 bits per heavy atom. The number of likely N-dealkylation sites (tertiary alicyclic amines) is 1. The highest BCUT2D eigenvalue weighted by atomic mass is 32.1. The number of rotatable bonds is 6. The molecule has 1 aromatic heterocycles. The zero-order valence-electron chi connectivity index (χ0n) is 19.4. The van der Waals surface area contributed by atoms with Gasteiger partial charge in [-0.15, -0.1) is 11.3 Å². The van der Waals surface area contributed by atoms with E-state index in [4.69, 9.17) is 4.74 Å². The van der Waals surface area contributed by atoms with Gasteiger partial charge in [-0.3, -0.25) is 4.79 Å². The highest BCUT2D eigenvalue weighted by Crippen LogP contribution is 2.39. The Bertz CT molecular complexity index is 1070. The lowest BCUT2D eigenvalue weighted by atomic mass is 9.91. The molecule has 2 aromatic carbocycles. The second kappa shape index (κ2) is 9.88. The van der Waals surface area contributed by atoms with Gasteiger partial charge >= 0.3 is 0 Å². The van der Waals surface area contributed by atoms with E-state index in [1.54, 1.807) is 23.3 Å². The molecule has 4 rings (SSSR count). The van der Waals surface area contributed by atoms with Crippen LogP contribution < -0.4 is 15.0 Å². The lowest BCUT2D eigenvalue weighted by Crippen LogP contribution is -3.13. The van der Waals surface area contributed by atoms with E-state index in [1.807, 2.05) is 36.4 Å². The lowest BCUT2D eigenvalue weighted by molar-refractivity contribution is -0.931. The molecule has 1 atom stereocenters. The predicted molar refractivity (Wildman–Crippen MR) is 132 cm³/mol. The first-order valence-corrected chi connectivity index (χ1v) is 12.2. The Balaban J connectivity index is 1.77. The molecule has 1 aliphatic heterocycles. The SMILES string of the molecule is COc1cccc([C@H](c2c(NC(=O)c3ccccc3)sc(C)c2C)[NH+]2CCC(C)CC2)c1. The maximum absolute atomic E-state index is 13.0. The topological polar surface area (TPSA) is 42.8 Å². The van der Waals surface area contributed by atoms with E-state index in [1.165, 1.54) is 34.4 Å². The number of aryl methyl sites for hydroxylation is 1. The van der Waals surface area contributed by atoms with Gasteiger partial charge in [0.05, 0.1) is 25.8 Å². The number of carbonyl (C=O) groups is 1. The van der Waals surface area contributed by atoms with Gasteiger partial charge in [-0.25, -0.2) is 0 Å². The monoisotopic (exact) mass is 449 g/mol. The second-order valence-electron chi connectivity index (χ2n) is 8.90. The summed E-state index contributed by atoms with van der Waals surface area (Å²) >= 11 is 1.68. The van der Waals surface area contributed by atoms with E-state index in [9.17, 15) is 4.79 Å². The van der Waals surface area contributed by atoms with Crippen LogP contribution in [0.3, 0.4) is 0 Å². The predicted octanol–water partition coefficient (Wildman–Crippen LogP) is 5.03. The van der Waals surface area contributed by atoms with Crippen molar-refractivity contribution in [3.05, 3.63) is 81.7 Å². The quantitative estimate of drug-likeness (QED) is 0.554. The van der Waals surface area contributed by atoms with Gasteiger partial charge in [0, 0.05) is 16.0 Å². The first-order chi connectivity index (χ1) is 15.5. The fraction of sp³-hybridized carbons (Fsp3) is 0.370. The minimum absolute atomic E-state index is 0.0558. The van der Waals surface area contributed by atoms with Crippen molar-refractivity contribution in [2.75, 3.05) is 25.5 Å². The summed E-state index contributed by atoms with van der Waals surface area (Å²) in [5.74, 6) is 1.59. The molecule has 1 fully saturated rings. The molecule has 1 saturated heterocycles. The molecule has 0 saturated carbocycles. The minimum atomic E-state index is -0.0558. The molecule has 0 bridgehead atoms. The Kier molecular flexibility index (Phi) is 6.97. The Hall–Kier alpha value is -2.63. The molecule has 1 aliphatic rings. The van der Waals surface area contributed by atoms with Gasteiger partial charge in [0.1, 0.15) is 16.8 Å². The van der Waals surface area contributed by atoms with Gasteiger partial charge < -0.3 is 15.0 Å². The molecule has 0 spiro atoms. The zero-order chi connectivity index (χ0) is 22.7. The van der Waals surface area contributed by atoms with Crippen molar-refractivity contribution in [2.24, 2.45) is 5.92 Å². The summed E-state index contributed by atoms with van der Waals surface area (Å²) in [6.07, 6.45) is 2.45. The standard InChI is InChI=1S/C27H32N2O2S/c1-18-13-15-29(16-14-18)25(22-11-8-12-23(17-22)31-4)24-19(2)20(3)32-27(24)28-26(30)21-9-6-5-7-10-21/h5-12,17-18,25H,13-16H2,1-4H3,(H,28,30)/p+1/t25-/m1/s1. The average molecular weight is 450 g/mol. The number of ether oxygens (including phenoxy) is 1. The number of amides is 1. The molecule has 2 N–H and O–H groups in total. The van der Waals surface area contributed by atoms with Crippen LogP contribution in [-0.2, 0) is 0 Å². The van der Waals surface area contributed by atoms with Crippen LogP contribution in [0.15, 0.2) is 54.6 Å². The summed E-state index contributed by atoms with van der Waals surface area (Å²) < 4.78 is 5.56. The van der Waals surface area contributed by atoms with E-state index in [0.29, 0.717) is 5.56 Å². The number of piperidine rings is 1. The van der Waals surface area contributed by atoms with Gasteiger partial charge in [-0.05, 0) is 62.4 Å². The van der Waals surface area contributed by atoms with Crippen LogP contribution in [0.1, 0.15) is 57.7 Å². The van der Waals surface area contributed by atoms with Gasteiger partial charge in [0.15, 0.2) is 0 Å². The third kappa shape index (κ3) is 4.74. The van der Waals surface area contributed by atoms with E-state index in [0.717, 1.165) is 29.8 Å². The van der Waals surface area contributed by atoms with Crippen molar-refractivity contribution < 1.29 is 14.4 Å². The fourth-order valence-corrected chi connectivity index (χ4v) is 5.79. The van der Waals surface area contributed by atoms with Crippen molar-refractivity contribution in [1.82, 2.24) is 0 Å². The van der Waals surface area contributed by atoms with Crippen LogP contribution in [0.25, 0.3) is 0 Å².